The number of anilines is 1. The molecule has 0 aliphatic heterocycles. The highest BCUT2D eigenvalue weighted by Crippen LogP contribution is 2.37. The molecule has 88 valence electrons. The molecule has 0 unspecified atom stereocenters. The van der Waals surface area contributed by atoms with Crippen LogP contribution < -0.4 is 5.73 Å². The van der Waals surface area contributed by atoms with Gasteiger partial charge in [-0.2, -0.15) is 0 Å². The van der Waals surface area contributed by atoms with Crippen molar-refractivity contribution in [2.75, 3.05) is 5.73 Å². The van der Waals surface area contributed by atoms with Gasteiger partial charge in [-0.05, 0) is 55.9 Å². The van der Waals surface area contributed by atoms with Gasteiger partial charge in [0.1, 0.15) is 0 Å². The summed E-state index contributed by atoms with van der Waals surface area (Å²) in [7, 11) is 0. The van der Waals surface area contributed by atoms with Crippen molar-refractivity contribution in [1.29, 1.82) is 0 Å². The highest BCUT2D eigenvalue weighted by Gasteiger charge is 2.19. The summed E-state index contributed by atoms with van der Waals surface area (Å²) in [5, 5.41) is 1.13. The van der Waals surface area contributed by atoms with Crippen molar-refractivity contribution in [3.05, 3.63) is 32.9 Å². The van der Waals surface area contributed by atoms with Gasteiger partial charge < -0.3 is 5.73 Å². The number of nitrogen functional groups attached to an aromatic ring is 1. The standard InChI is InChI=1S/C14H15BrN2/c1-7-6-11-12(8(2)13(7)15)14(16)9-4-3-5-10(9)17-11/h6H,3-5H2,1-2H3,(H2,16,17). The number of nitrogens with zero attached hydrogens (tertiary/aromatic N) is 1. The van der Waals surface area contributed by atoms with E-state index >= 15 is 0 Å². The van der Waals surface area contributed by atoms with E-state index < -0.39 is 0 Å². The molecule has 1 aromatic carbocycles. The molecule has 0 spiro atoms. The van der Waals surface area contributed by atoms with E-state index in [4.69, 9.17) is 10.7 Å². The van der Waals surface area contributed by atoms with Crippen LogP contribution in [0.4, 0.5) is 5.69 Å². The van der Waals surface area contributed by atoms with E-state index in [1.54, 1.807) is 0 Å². The van der Waals surface area contributed by atoms with E-state index in [9.17, 15) is 0 Å². The quantitative estimate of drug-likeness (QED) is 0.804. The van der Waals surface area contributed by atoms with Crippen LogP contribution in [0.2, 0.25) is 0 Å². The summed E-state index contributed by atoms with van der Waals surface area (Å²) >= 11 is 3.63. The van der Waals surface area contributed by atoms with E-state index in [0.717, 1.165) is 33.9 Å². The Morgan fingerprint density at radius 1 is 1.29 bits per heavy atom. The molecule has 2 nitrogen and oxygen atoms in total. The minimum atomic E-state index is 0.945. The number of hydrogen-bond donors (Lipinski definition) is 1. The smallest absolute Gasteiger partial charge is 0.0732 e. The van der Waals surface area contributed by atoms with Gasteiger partial charge in [-0.15, -0.1) is 0 Å². The molecule has 3 rings (SSSR count). The van der Waals surface area contributed by atoms with Crippen molar-refractivity contribution in [2.24, 2.45) is 0 Å². The first-order valence-corrected chi connectivity index (χ1v) is 6.75. The predicted molar refractivity (Wildman–Crippen MR) is 75.4 cm³/mol. The van der Waals surface area contributed by atoms with Crippen molar-refractivity contribution in [3.63, 3.8) is 0 Å². The Balaban J connectivity index is 2.48. The first-order chi connectivity index (χ1) is 8.09. The molecule has 0 bridgehead atoms. The SMILES string of the molecule is Cc1cc2nc3c(c(N)c2c(C)c1Br)CCC3. The van der Waals surface area contributed by atoms with Crippen LogP contribution in [0.1, 0.15) is 28.8 Å². The lowest BCUT2D eigenvalue weighted by Crippen LogP contribution is -2.01. The number of nitrogens with two attached hydrogens (primary N) is 1. The zero-order valence-corrected chi connectivity index (χ0v) is 11.7. The number of halogens is 1. The molecule has 0 fully saturated rings. The number of aromatic nitrogens is 1. The molecule has 2 N–H and O–H groups in total. The summed E-state index contributed by atoms with van der Waals surface area (Å²) in [6.45, 7) is 4.21. The average molecular weight is 291 g/mol. The number of rotatable bonds is 0. The molecule has 1 heterocycles. The van der Waals surface area contributed by atoms with Gasteiger partial charge in [0.2, 0.25) is 0 Å². The summed E-state index contributed by atoms with van der Waals surface area (Å²) in [6.07, 6.45) is 3.33. The van der Waals surface area contributed by atoms with Crippen LogP contribution in [0.3, 0.4) is 0 Å². The molecule has 0 saturated carbocycles. The third-order valence-electron chi connectivity index (χ3n) is 3.70. The van der Waals surface area contributed by atoms with Gasteiger partial charge in [-0.3, -0.25) is 4.98 Å². The Morgan fingerprint density at radius 2 is 2.06 bits per heavy atom. The average Bonchev–Trinajstić information content (AvgIpc) is 2.74. The number of aryl methyl sites for hydroxylation is 3. The molecule has 1 aromatic heterocycles. The van der Waals surface area contributed by atoms with E-state index in [-0.39, 0.29) is 0 Å². The van der Waals surface area contributed by atoms with Crippen LogP contribution in [0, 0.1) is 13.8 Å². The highest BCUT2D eigenvalue weighted by molar-refractivity contribution is 9.10. The zero-order valence-electron chi connectivity index (χ0n) is 10.1. The van der Waals surface area contributed by atoms with Crippen molar-refractivity contribution in [3.8, 4) is 0 Å². The van der Waals surface area contributed by atoms with E-state index in [1.807, 2.05) is 0 Å². The summed E-state index contributed by atoms with van der Waals surface area (Å²) in [4.78, 5) is 4.78. The summed E-state index contributed by atoms with van der Waals surface area (Å²) in [5.41, 5.74) is 13.2. The largest absolute Gasteiger partial charge is 0.398 e. The second-order valence-corrected chi connectivity index (χ2v) is 5.62. The second-order valence-electron chi connectivity index (χ2n) is 4.83. The molecule has 2 aromatic rings. The van der Waals surface area contributed by atoms with E-state index in [0.29, 0.717) is 0 Å². The van der Waals surface area contributed by atoms with Gasteiger partial charge in [0.25, 0.3) is 0 Å². The summed E-state index contributed by atoms with van der Waals surface area (Å²) in [5.74, 6) is 0. The molecule has 1 aliphatic carbocycles. The number of hydrogen-bond acceptors (Lipinski definition) is 2. The van der Waals surface area contributed by atoms with E-state index in [2.05, 4.69) is 35.8 Å². The Bertz CT molecular complexity index is 632. The van der Waals surface area contributed by atoms with Gasteiger partial charge in [0, 0.05) is 21.2 Å². The molecule has 0 amide bonds. The maximum Gasteiger partial charge on any atom is 0.0732 e. The normalized spacial score (nSPS) is 14.3. The number of fused-ring (bicyclic) bond motifs is 2. The maximum atomic E-state index is 6.33. The monoisotopic (exact) mass is 290 g/mol. The predicted octanol–water partition coefficient (Wildman–Crippen LogP) is 3.69. The van der Waals surface area contributed by atoms with Gasteiger partial charge >= 0.3 is 0 Å². The lowest BCUT2D eigenvalue weighted by Gasteiger charge is -2.13. The Labute approximate surface area is 109 Å². The minimum absolute atomic E-state index is 0.945. The van der Waals surface area contributed by atoms with Crippen LogP contribution >= 0.6 is 15.9 Å². The third kappa shape index (κ3) is 1.48. The highest BCUT2D eigenvalue weighted by atomic mass is 79.9. The Hall–Kier alpha value is -1.09. The van der Waals surface area contributed by atoms with E-state index in [1.165, 1.54) is 28.8 Å². The first kappa shape index (κ1) is 11.0. The van der Waals surface area contributed by atoms with Gasteiger partial charge in [0.05, 0.1) is 5.52 Å². The third-order valence-corrected chi connectivity index (χ3v) is 4.92. The fourth-order valence-electron chi connectivity index (χ4n) is 2.80. The molecule has 1 aliphatic rings. The van der Waals surface area contributed by atoms with Crippen LogP contribution in [-0.4, -0.2) is 4.98 Å². The minimum Gasteiger partial charge on any atom is -0.398 e. The second kappa shape index (κ2) is 3.70. The van der Waals surface area contributed by atoms with Crippen LogP contribution in [0.5, 0.6) is 0 Å². The van der Waals surface area contributed by atoms with Gasteiger partial charge in [-0.1, -0.05) is 15.9 Å². The van der Waals surface area contributed by atoms with Crippen molar-refractivity contribution < 1.29 is 0 Å². The molecule has 3 heteroatoms. The van der Waals surface area contributed by atoms with Crippen LogP contribution in [-0.2, 0) is 12.8 Å². The molecule has 0 radical (unpaired) electrons. The summed E-state index contributed by atoms with van der Waals surface area (Å²) in [6, 6.07) is 2.13. The van der Waals surface area contributed by atoms with Crippen molar-refractivity contribution in [1.82, 2.24) is 4.98 Å². The van der Waals surface area contributed by atoms with Crippen LogP contribution in [0.25, 0.3) is 10.9 Å². The van der Waals surface area contributed by atoms with Crippen molar-refractivity contribution in [2.45, 2.75) is 33.1 Å². The zero-order chi connectivity index (χ0) is 12.2. The summed E-state index contributed by atoms with van der Waals surface area (Å²) < 4.78 is 1.15. The fraction of sp³-hybridized carbons (Fsp3) is 0.357. The topological polar surface area (TPSA) is 38.9 Å². The Kier molecular flexibility index (Phi) is 2.40. The lowest BCUT2D eigenvalue weighted by atomic mass is 10.0. The Morgan fingerprint density at radius 3 is 2.82 bits per heavy atom. The maximum absolute atomic E-state index is 6.33. The molecule has 0 saturated heterocycles. The molecule has 0 atom stereocenters. The number of benzene rings is 1. The molecule has 17 heavy (non-hydrogen) atoms. The molecular weight excluding hydrogens is 276 g/mol. The van der Waals surface area contributed by atoms with Gasteiger partial charge in [-0.25, -0.2) is 0 Å². The van der Waals surface area contributed by atoms with Crippen LogP contribution in [0.15, 0.2) is 10.5 Å². The van der Waals surface area contributed by atoms with Crippen molar-refractivity contribution >= 4 is 32.5 Å². The lowest BCUT2D eigenvalue weighted by molar-refractivity contribution is 0.901. The van der Waals surface area contributed by atoms with Gasteiger partial charge in [0.15, 0.2) is 0 Å². The number of pyridine rings is 1. The fourth-order valence-corrected chi connectivity index (χ4v) is 3.12. The molecular formula is C14H15BrN2. The first-order valence-electron chi connectivity index (χ1n) is 5.96.